The molecule has 1 aliphatic rings. The van der Waals surface area contributed by atoms with Crippen molar-refractivity contribution in [2.75, 3.05) is 20.8 Å². The topological polar surface area (TPSA) is 93.7 Å². The zero-order valence-corrected chi connectivity index (χ0v) is 18.8. The van der Waals surface area contributed by atoms with Gasteiger partial charge in [-0.25, -0.2) is 13.1 Å². The minimum Gasteiger partial charge on any atom is -0.497 e. The second-order valence-electron chi connectivity index (χ2n) is 7.71. The highest BCUT2D eigenvalue weighted by Crippen LogP contribution is 2.23. The zero-order valence-electron chi connectivity index (χ0n) is 18.0. The molecule has 8 heteroatoms. The molecule has 1 amide bonds. The molecule has 3 rings (SSSR count). The third kappa shape index (κ3) is 6.45. The van der Waals surface area contributed by atoms with Gasteiger partial charge >= 0.3 is 0 Å². The largest absolute Gasteiger partial charge is 0.497 e. The summed E-state index contributed by atoms with van der Waals surface area (Å²) >= 11 is 0. The molecular formula is C23H30N2O5S. The first-order chi connectivity index (χ1) is 14.9. The van der Waals surface area contributed by atoms with Crippen molar-refractivity contribution in [3.8, 4) is 11.5 Å². The van der Waals surface area contributed by atoms with E-state index in [0.29, 0.717) is 30.0 Å². The van der Waals surface area contributed by atoms with Crippen LogP contribution >= 0.6 is 0 Å². The zero-order chi connectivity index (χ0) is 22.3. The van der Waals surface area contributed by atoms with Crippen molar-refractivity contribution in [1.29, 1.82) is 0 Å². The van der Waals surface area contributed by atoms with E-state index >= 15 is 0 Å². The van der Waals surface area contributed by atoms with Gasteiger partial charge in [0.05, 0.1) is 19.1 Å². The van der Waals surface area contributed by atoms with E-state index in [4.69, 9.17) is 9.47 Å². The second-order valence-corrected chi connectivity index (χ2v) is 9.42. The molecule has 7 nitrogen and oxygen atoms in total. The summed E-state index contributed by atoms with van der Waals surface area (Å²) in [5, 5.41) is 2.87. The molecule has 168 valence electrons. The fourth-order valence-corrected chi connectivity index (χ4v) is 5.01. The molecule has 0 bridgehead atoms. The third-order valence-corrected chi connectivity index (χ3v) is 7.01. The monoisotopic (exact) mass is 446 g/mol. The fraction of sp³-hybridized carbons (Fsp3) is 0.435. The van der Waals surface area contributed by atoms with Crippen LogP contribution in [0.5, 0.6) is 11.5 Å². The Morgan fingerprint density at radius 2 is 1.58 bits per heavy atom. The Hall–Kier alpha value is -2.58. The van der Waals surface area contributed by atoms with Gasteiger partial charge in [0.25, 0.3) is 5.91 Å². The van der Waals surface area contributed by atoms with Gasteiger partial charge in [-0.05, 0) is 49.1 Å². The van der Waals surface area contributed by atoms with Crippen molar-refractivity contribution in [3.05, 3.63) is 53.6 Å². The molecule has 1 aliphatic carbocycles. The Morgan fingerprint density at radius 1 is 0.968 bits per heavy atom. The number of benzene rings is 2. The first kappa shape index (κ1) is 23.1. The molecule has 1 fully saturated rings. The first-order valence-corrected chi connectivity index (χ1v) is 12.0. The van der Waals surface area contributed by atoms with Gasteiger partial charge in [-0.2, -0.15) is 0 Å². The molecule has 0 heterocycles. The number of carbonyl (C=O) groups excluding carboxylic acids is 1. The standard InChI is InChI=1S/C23H30N2O5S/c1-29-20-14-18(15-21(16-20)30-2)23(26)24-13-12-17-8-10-22(11-9-17)31(27,28)25-19-6-4-3-5-7-19/h8-11,14-16,19,25H,3-7,12-13H2,1-2H3,(H,24,26). The van der Waals surface area contributed by atoms with Crippen LogP contribution in [0.4, 0.5) is 0 Å². The summed E-state index contributed by atoms with van der Waals surface area (Å²) in [6.07, 6.45) is 5.70. The van der Waals surface area contributed by atoms with Gasteiger partial charge in [-0.1, -0.05) is 31.4 Å². The van der Waals surface area contributed by atoms with E-state index in [2.05, 4.69) is 10.0 Å². The lowest BCUT2D eigenvalue weighted by molar-refractivity contribution is 0.0953. The average Bonchev–Trinajstić information content (AvgIpc) is 2.79. The van der Waals surface area contributed by atoms with Gasteiger partial charge in [0.15, 0.2) is 0 Å². The average molecular weight is 447 g/mol. The van der Waals surface area contributed by atoms with Crippen LogP contribution in [0.1, 0.15) is 48.0 Å². The molecule has 0 aromatic heterocycles. The molecule has 0 saturated heterocycles. The van der Waals surface area contributed by atoms with E-state index in [-0.39, 0.29) is 16.8 Å². The van der Waals surface area contributed by atoms with Crippen molar-refractivity contribution in [1.82, 2.24) is 10.0 Å². The van der Waals surface area contributed by atoms with Gasteiger partial charge in [0.2, 0.25) is 10.0 Å². The lowest BCUT2D eigenvalue weighted by Crippen LogP contribution is -2.36. The first-order valence-electron chi connectivity index (χ1n) is 10.5. The Morgan fingerprint density at radius 3 is 2.16 bits per heavy atom. The molecule has 1 saturated carbocycles. The Bertz CT molecular complexity index is 961. The molecule has 0 unspecified atom stereocenters. The molecule has 0 radical (unpaired) electrons. The van der Waals surface area contributed by atoms with Gasteiger partial charge in [-0.15, -0.1) is 0 Å². The summed E-state index contributed by atoms with van der Waals surface area (Å²) in [7, 11) is -0.438. The Kier molecular flexibility index (Phi) is 7.92. The van der Waals surface area contributed by atoms with Crippen molar-refractivity contribution in [3.63, 3.8) is 0 Å². The highest BCUT2D eigenvalue weighted by Gasteiger charge is 2.21. The van der Waals surface area contributed by atoms with E-state index in [1.165, 1.54) is 20.6 Å². The van der Waals surface area contributed by atoms with Crippen molar-refractivity contribution >= 4 is 15.9 Å². The number of sulfonamides is 1. The minimum absolute atomic E-state index is 0.0314. The van der Waals surface area contributed by atoms with Crippen LogP contribution in [-0.4, -0.2) is 41.1 Å². The summed E-state index contributed by atoms with van der Waals surface area (Å²) < 4.78 is 38.4. The van der Waals surface area contributed by atoms with E-state index < -0.39 is 10.0 Å². The Balaban J connectivity index is 1.54. The predicted octanol–water partition coefficient (Wildman–Crippen LogP) is 3.29. The summed E-state index contributed by atoms with van der Waals surface area (Å²) in [5.74, 6) is 0.861. The summed E-state index contributed by atoms with van der Waals surface area (Å²) in [6, 6.07) is 11.9. The number of hydrogen-bond donors (Lipinski definition) is 2. The van der Waals surface area contributed by atoms with Crippen molar-refractivity contribution in [2.24, 2.45) is 0 Å². The fourth-order valence-electron chi connectivity index (χ4n) is 3.70. The highest BCUT2D eigenvalue weighted by molar-refractivity contribution is 7.89. The Labute approximate surface area is 184 Å². The summed E-state index contributed by atoms with van der Waals surface area (Å²) in [6.45, 7) is 0.421. The maximum atomic E-state index is 12.6. The van der Waals surface area contributed by atoms with Gasteiger partial charge in [0.1, 0.15) is 11.5 Å². The molecule has 0 atom stereocenters. The quantitative estimate of drug-likeness (QED) is 0.617. The smallest absolute Gasteiger partial charge is 0.251 e. The minimum atomic E-state index is -3.50. The number of ether oxygens (including phenoxy) is 2. The van der Waals surface area contributed by atoms with Crippen LogP contribution in [-0.2, 0) is 16.4 Å². The van der Waals surface area contributed by atoms with Crippen molar-refractivity contribution < 1.29 is 22.7 Å². The highest BCUT2D eigenvalue weighted by atomic mass is 32.2. The van der Waals surface area contributed by atoms with E-state index in [1.807, 2.05) is 0 Å². The third-order valence-electron chi connectivity index (χ3n) is 5.47. The van der Waals surface area contributed by atoms with Gasteiger partial charge < -0.3 is 14.8 Å². The summed E-state index contributed by atoms with van der Waals surface area (Å²) in [5.41, 5.74) is 1.39. The number of rotatable bonds is 9. The molecule has 2 aromatic rings. The number of nitrogens with one attached hydrogen (secondary N) is 2. The lowest BCUT2D eigenvalue weighted by atomic mass is 9.96. The number of carbonyl (C=O) groups is 1. The van der Waals surface area contributed by atoms with Gasteiger partial charge in [0, 0.05) is 24.2 Å². The van der Waals surface area contributed by atoms with Crippen LogP contribution in [0.2, 0.25) is 0 Å². The van der Waals surface area contributed by atoms with Crippen LogP contribution in [0.25, 0.3) is 0 Å². The van der Waals surface area contributed by atoms with Crippen LogP contribution < -0.4 is 19.5 Å². The normalized spacial score (nSPS) is 14.8. The molecule has 0 spiro atoms. The number of methoxy groups -OCH3 is 2. The van der Waals surface area contributed by atoms with Crippen molar-refractivity contribution in [2.45, 2.75) is 49.5 Å². The van der Waals surface area contributed by atoms with Crippen LogP contribution in [0.15, 0.2) is 47.4 Å². The molecule has 2 N–H and O–H groups in total. The van der Waals surface area contributed by atoms with Crippen LogP contribution in [0.3, 0.4) is 0 Å². The molecular weight excluding hydrogens is 416 g/mol. The lowest BCUT2D eigenvalue weighted by Gasteiger charge is -2.22. The molecule has 2 aromatic carbocycles. The maximum absolute atomic E-state index is 12.6. The maximum Gasteiger partial charge on any atom is 0.251 e. The second kappa shape index (κ2) is 10.6. The predicted molar refractivity (Wildman–Crippen MR) is 119 cm³/mol. The summed E-state index contributed by atoms with van der Waals surface area (Å²) in [4.78, 5) is 12.7. The van der Waals surface area contributed by atoms with Crippen LogP contribution in [0, 0.1) is 0 Å². The van der Waals surface area contributed by atoms with E-state index in [1.54, 1.807) is 42.5 Å². The number of hydrogen-bond acceptors (Lipinski definition) is 5. The van der Waals surface area contributed by atoms with E-state index in [9.17, 15) is 13.2 Å². The molecule has 0 aliphatic heterocycles. The van der Waals surface area contributed by atoms with Gasteiger partial charge in [-0.3, -0.25) is 4.79 Å². The number of amides is 1. The van der Waals surface area contributed by atoms with E-state index in [0.717, 1.165) is 31.2 Å². The SMILES string of the molecule is COc1cc(OC)cc(C(=O)NCCc2ccc(S(=O)(=O)NC3CCCCC3)cc2)c1. The molecule has 31 heavy (non-hydrogen) atoms.